The fraction of sp³-hybridized carbons (Fsp3) is 0.500. The van der Waals surface area contributed by atoms with Crippen molar-refractivity contribution in [2.24, 2.45) is 11.8 Å². The number of piperidine rings is 1. The number of nitrogens with zero attached hydrogens (tertiary/aromatic N) is 2. The van der Waals surface area contributed by atoms with E-state index < -0.39 is 0 Å². The molecule has 5 heteroatoms. The summed E-state index contributed by atoms with van der Waals surface area (Å²) in [5.74, 6) is 3.20. The van der Waals surface area contributed by atoms with Crippen LogP contribution in [-0.2, 0) is 6.54 Å². The van der Waals surface area contributed by atoms with E-state index in [1.807, 2.05) is 12.1 Å². The van der Waals surface area contributed by atoms with Crippen LogP contribution in [-0.4, -0.2) is 29.8 Å². The minimum absolute atomic E-state index is 0.313. The highest BCUT2D eigenvalue weighted by Gasteiger charge is 2.22. The fourth-order valence-corrected chi connectivity index (χ4v) is 4.50. The van der Waals surface area contributed by atoms with Gasteiger partial charge in [-0.2, -0.15) is 0 Å². The quantitative estimate of drug-likeness (QED) is 0.851. The SMILES string of the molecule is CC1CC(C)CN(Cc2csc(-c3ccc4c(c3)OCO4)n2)C1. The van der Waals surface area contributed by atoms with E-state index in [4.69, 9.17) is 14.5 Å². The Morgan fingerprint density at radius 3 is 2.78 bits per heavy atom. The zero-order valence-electron chi connectivity index (χ0n) is 13.6. The third-order valence-corrected chi connectivity index (χ3v) is 5.44. The van der Waals surface area contributed by atoms with Crippen molar-refractivity contribution in [3.8, 4) is 22.1 Å². The van der Waals surface area contributed by atoms with Gasteiger partial charge in [0.15, 0.2) is 11.5 Å². The molecule has 2 atom stereocenters. The van der Waals surface area contributed by atoms with Gasteiger partial charge in [0.25, 0.3) is 0 Å². The Morgan fingerprint density at radius 2 is 1.96 bits per heavy atom. The van der Waals surface area contributed by atoms with Gasteiger partial charge >= 0.3 is 0 Å². The molecule has 3 heterocycles. The summed E-state index contributed by atoms with van der Waals surface area (Å²) < 4.78 is 10.8. The van der Waals surface area contributed by atoms with Crippen molar-refractivity contribution < 1.29 is 9.47 Å². The molecule has 0 spiro atoms. The Balaban J connectivity index is 1.48. The Kier molecular flexibility index (Phi) is 3.99. The van der Waals surface area contributed by atoms with E-state index in [2.05, 4.69) is 30.2 Å². The molecule has 4 nitrogen and oxygen atoms in total. The van der Waals surface area contributed by atoms with Gasteiger partial charge in [-0.3, -0.25) is 4.90 Å². The maximum atomic E-state index is 5.46. The van der Waals surface area contributed by atoms with Crippen LogP contribution in [0.5, 0.6) is 11.5 Å². The third kappa shape index (κ3) is 3.21. The highest BCUT2D eigenvalue weighted by Crippen LogP contribution is 2.36. The molecule has 0 saturated carbocycles. The smallest absolute Gasteiger partial charge is 0.231 e. The molecule has 0 N–H and O–H groups in total. The molecule has 1 aromatic heterocycles. The molecule has 122 valence electrons. The minimum atomic E-state index is 0.313. The van der Waals surface area contributed by atoms with Gasteiger partial charge in [0.05, 0.1) is 5.69 Å². The molecule has 4 rings (SSSR count). The first-order valence-corrected chi connectivity index (χ1v) is 9.12. The molecule has 0 radical (unpaired) electrons. The summed E-state index contributed by atoms with van der Waals surface area (Å²) in [7, 11) is 0. The summed E-state index contributed by atoms with van der Waals surface area (Å²) in [5.41, 5.74) is 2.27. The van der Waals surface area contributed by atoms with Crippen molar-refractivity contribution in [3.05, 3.63) is 29.3 Å². The van der Waals surface area contributed by atoms with Gasteiger partial charge < -0.3 is 9.47 Å². The molecular weight excluding hydrogens is 308 g/mol. The lowest BCUT2D eigenvalue weighted by Crippen LogP contribution is -2.38. The van der Waals surface area contributed by atoms with E-state index in [1.54, 1.807) is 11.3 Å². The summed E-state index contributed by atoms with van der Waals surface area (Å²) >= 11 is 1.70. The standard InChI is InChI=1S/C18H22N2O2S/c1-12-5-13(2)8-20(7-12)9-15-10-23-18(19-15)14-3-4-16-17(6-14)22-11-21-16/h3-4,6,10,12-13H,5,7-9,11H2,1-2H3. The van der Waals surface area contributed by atoms with Gasteiger partial charge in [-0.15, -0.1) is 11.3 Å². The van der Waals surface area contributed by atoms with E-state index in [9.17, 15) is 0 Å². The van der Waals surface area contributed by atoms with E-state index in [0.29, 0.717) is 6.79 Å². The summed E-state index contributed by atoms with van der Waals surface area (Å²) in [5, 5.41) is 3.24. The first kappa shape index (κ1) is 15.0. The highest BCUT2D eigenvalue weighted by atomic mass is 32.1. The van der Waals surface area contributed by atoms with E-state index in [-0.39, 0.29) is 0 Å². The molecule has 2 aliphatic rings. The molecule has 23 heavy (non-hydrogen) atoms. The average Bonchev–Trinajstić information content (AvgIpc) is 3.14. The number of benzene rings is 1. The zero-order valence-corrected chi connectivity index (χ0v) is 14.4. The van der Waals surface area contributed by atoms with Crippen LogP contribution in [0.4, 0.5) is 0 Å². The van der Waals surface area contributed by atoms with Crippen molar-refractivity contribution in [2.45, 2.75) is 26.8 Å². The largest absolute Gasteiger partial charge is 0.454 e. The summed E-state index contributed by atoms with van der Waals surface area (Å²) in [6.45, 7) is 8.33. The Labute approximate surface area is 141 Å². The van der Waals surface area contributed by atoms with E-state index >= 15 is 0 Å². The molecule has 2 aliphatic heterocycles. The van der Waals surface area contributed by atoms with Crippen LogP contribution >= 0.6 is 11.3 Å². The van der Waals surface area contributed by atoms with E-state index in [0.717, 1.165) is 40.5 Å². The van der Waals surface area contributed by atoms with Crippen LogP contribution in [0.15, 0.2) is 23.6 Å². The second-order valence-electron chi connectivity index (χ2n) is 6.85. The van der Waals surface area contributed by atoms with Crippen molar-refractivity contribution in [1.29, 1.82) is 0 Å². The molecule has 1 saturated heterocycles. The van der Waals surface area contributed by atoms with E-state index in [1.165, 1.54) is 25.2 Å². The third-order valence-electron chi connectivity index (χ3n) is 4.50. The lowest BCUT2D eigenvalue weighted by molar-refractivity contribution is 0.133. The number of rotatable bonds is 3. The highest BCUT2D eigenvalue weighted by molar-refractivity contribution is 7.13. The Bertz CT molecular complexity index is 690. The molecule has 0 amide bonds. The van der Waals surface area contributed by atoms with Crippen LogP contribution in [0.3, 0.4) is 0 Å². The van der Waals surface area contributed by atoms with Crippen LogP contribution in [0.1, 0.15) is 26.0 Å². The molecular formula is C18H22N2O2S. The van der Waals surface area contributed by atoms with Crippen LogP contribution in [0.25, 0.3) is 10.6 Å². The summed E-state index contributed by atoms with van der Waals surface area (Å²) in [6.07, 6.45) is 1.34. The molecule has 2 aromatic rings. The number of thiazole rings is 1. The summed E-state index contributed by atoms with van der Waals surface area (Å²) in [6, 6.07) is 6.05. The monoisotopic (exact) mass is 330 g/mol. The van der Waals surface area contributed by atoms with Crippen LogP contribution < -0.4 is 9.47 Å². The maximum Gasteiger partial charge on any atom is 0.231 e. The predicted molar refractivity (Wildman–Crippen MR) is 91.9 cm³/mol. The van der Waals surface area contributed by atoms with Crippen LogP contribution in [0.2, 0.25) is 0 Å². The summed E-state index contributed by atoms with van der Waals surface area (Å²) in [4.78, 5) is 7.37. The van der Waals surface area contributed by atoms with Crippen LogP contribution in [0, 0.1) is 11.8 Å². The predicted octanol–water partition coefficient (Wildman–Crippen LogP) is 4.02. The second kappa shape index (κ2) is 6.13. The van der Waals surface area contributed by atoms with Crippen molar-refractivity contribution in [3.63, 3.8) is 0 Å². The number of hydrogen-bond acceptors (Lipinski definition) is 5. The normalized spacial score (nSPS) is 24.1. The number of ether oxygens (including phenoxy) is 2. The number of hydrogen-bond donors (Lipinski definition) is 0. The van der Waals surface area contributed by atoms with Gasteiger partial charge in [-0.05, 0) is 36.5 Å². The topological polar surface area (TPSA) is 34.6 Å². The second-order valence-corrected chi connectivity index (χ2v) is 7.71. The number of likely N-dealkylation sites (tertiary alicyclic amines) is 1. The first-order valence-electron chi connectivity index (χ1n) is 8.24. The molecule has 1 aromatic carbocycles. The van der Waals surface area contributed by atoms with Gasteiger partial charge in [0.2, 0.25) is 6.79 Å². The maximum absolute atomic E-state index is 5.46. The van der Waals surface area contributed by atoms with Gasteiger partial charge in [0, 0.05) is 30.6 Å². The zero-order chi connectivity index (χ0) is 15.8. The molecule has 2 unspecified atom stereocenters. The molecule has 1 fully saturated rings. The number of aromatic nitrogens is 1. The average molecular weight is 330 g/mol. The van der Waals surface area contributed by atoms with Crippen molar-refractivity contribution in [2.75, 3.05) is 19.9 Å². The molecule has 0 aliphatic carbocycles. The Hall–Kier alpha value is -1.59. The first-order chi connectivity index (χ1) is 11.2. The molecule has 0 bridgehead atoms. The Morgan fingerprint density at radius 1 is 1.17 bits per heavy atom. The van der Waals surface area contributed by atoms with Gasteiger partial charge in [-0.1, -0.05) is 13.8 Å². The lowest BCUT2D eigenvalue weighted by atomic mass is 9.92. The fourth-order valence-electron chi connectivity index (χ4n) is 3.69. The number of fused-ring (bicyclic) bond motifs is 1. The van der Waals surface area contributed by atoms with Crippen molar-refractivity contribution in [1.82, 2.24) is 9.88 Å². The van der Waals surface area contributed by atoms with Crippen molar-refractivity contribution >= 4 is 11.3 Å². The minimum Gasteiger partial charge on any atom is -0.454 e. The van der Waals surface area contributed by atoms with Gasteiger partial charge in [0.1, 0.15) is 5.01 Å². The lowest BCUT2D eigenvalue weighted by Gasteiger charge is -2.34. The van der Waals surface area contributed by atoms with Gasteiger partial charge in [-0.25, -0.2) is 4.98 Å².